The van der Waals surface area contributed by atoms with Crippen molar-refractivity contribution in [1.82, 2.24) is 25.9 Å². The van der Waals surface area contributed by atoms with Crippen LogP contribution in [0.15, 0.2) is 12.5 Å². The Morgan fingerprint density at radius 1 is 1.29 bits per heavy atom. The van der Waals surface area contributed by atoms with Crippen LogP contribution in [0.2, 0.25) is 0 Å². The molecule has 24 heavy (non-hydrogen) atoms. The van der Waals surface area contributed by atoms with Gasteiger partial charge in [-0.15, -0.1) is 0 Å². The number of H-pyrrole nitrogens is 1. The van der Waals surface area contributed by atoms with Gasteiger partial charge in [0, 0.05) is 18.3 Å². The van der Waals surface area contributed by atoms with Crippen LogP contribution in [0.4, 0.5) is 0 Å². The molecule has 0 fully saturated rings. The van der Waals surface area contributed by atoms with Gasteiger partial charge >= 0.3 is 5.97 Å². The Balaban J connectivity index is 2.70. The van der Waals surface area contributed by atoms with Gasteiger partial charge in [0.1, 0.15) is 12.1 Å². The van der Waals surface area contributed by atoms with Gasteiger partial charge in [0.05, 0.1) is 19.4 Å². The molecule has 0 aliphatic carbocycles. The minimum atomic E-state index is -1.20. The lowest BCUT2D eigenvalue weighted by Gasteiger charge is -2.19. The van der Waals surface area contributed by atoms with Crippen LogP contribution in [0, 0.1) is 0 Å². The predicted octanol–water partition coefficient (Wildman–Crippen LogP) is -2.90. The normalized spacial score (nSPS) is 12.8. The van der Waals surface area contributed by atoms with Gasteiger partial charge in [-0.05, 0) is 6.92 Å². The SMILES string of the molecule is CC(NC(=O)C(Cc1cnc[nH]1)NC(=O)CNC(=O)CN)C(=O)O. The third kappa shape index (κ3) is 6.44. The summed E-state index contributed by atoms with van der Waals surface area (Å²) in [7, 11) is 0. The quantitative estimate of drug-likeness (QED) is 0.279. The van der Waals surface area contributed by atoms with E-state index >= 15 is 0 Å². The standard InChI is InChI=1S/C13H20N6O5/c1-7(13(23)24)18-12(22)9(2-8-4-15-6-17-8)19-11(21)5-16-10(20)3-14/h4,6-7,9H,2-3,5,14H2,1H3,(H,15,17)(H,16,20)(H,18,22)(H,19,21)(H,23,24). The van der Waals surface area contributed by atoms with Crippen LogP contribution in [0.25, 0.3) is 0 Å². The largest absolute Gasteiger partial charge is 0.480 e. The highest BCUT2D eigenvalue weighted by atomic mass is 16.4. The van der Waals surface area contributed by atoms with Crippen LogP contribution >= 0.6 is 0 Å². The number of hydrogen-bond acceptors (Lipinski definition) is 6. The highest BCUT2D eigenvalue weighted by Gasteiger charge is 2.25. The van der Waals surface area contributed by atoms with Gasteiger partial charge in [-0.3, -0.25) is 19.2 Å². The number of aliphatic carboxylic acids is 1. The number of hydrogen-bond donors (Lipinski definition) is 6. The van der Waals surface area contributed by atoms with Crippen LogP contribution in [0.1, 0.15) is 12.6 Å². The van der Waals surface area contributed by atoms with Gasteiger partial charge in [0.15, 0.2) is 0 Å². The number of carbonyl (C=O) groups is 4. The molecular formula is C13H20N6O5. The van der Waals surface area contributed by atoms with Gasteiger partial charge < -0.3 is 31.8 Å². The molecule has 132 valence electrons. The number of nitrogens with one attached hydrogen (secondary N) is 4. The van der Waals surface area contributed by atoms with Crippen molar-refractivity contribution >= 4 is 23.7 Å². The fourth-order valence-electron chi connectivity index (χ4n) is 1.70. The molecule has 0 aliphatic rings. The monoisotopic (exact) mass is 340 g/mol. The number of carbonyl (C=O) groups excluding carboxylic acids is 3. The summed E-state index contributed by atoms with van der Waals surface area (Å²) in [4.78, 5) is 52.5. The van der Waals surface area contributed by atoms with Crippen molar-refractivity contribution in [3.8, 4) is 0 Å². The van der Waals surface area contributed by atoms with Crippen molar-refractivity contribution in [2.75, 3.05) is 13.1 Å². The van der Waals surface area contributed by atoms with E-state index in [0.29, 0.717) is 5.69 Å². The lowest BCUT2D eigenvalue weighted by molar-refractivity contribution is -0.141. The maximum atomic E-state index is 12.2. The van der Waals surface area contributed by atoms with Gasteiger partial charge in [-0.25, -0.2) is 4.98 Å². The van der Waals surface area contributed by atoms with Gasteiger partial charge in [0.25, 0.3) is 0 Å². The highest BCUT2D eigenvalue weighted by molar-refractivity contribution is 5.92. The maximum absolute atomic E-state index is 12.2. The Kier molecular flexibility index (Phi) is 7.36. The zero-order chi connectivity index (χ0) is 18.1. The molecule has 7 N–H and O–H groups in total. The van der Waals surface area contributed by atoms with Crippen molar-refractivity contribution < 1.29 is 24.3 Å². The summed E-state index contributed by atoms with van der Waals surface area (Å²) in [5.74, 6) is -3.00. The highest BCUT2D eigenvalue weighted by Crippen LogP contribution is 2.00. The first-order chi connectivity index (χ1) is 11.3. The molecule has 2 atom stereocenters. The maximum Gasteiger partial charge on any atom is 0.325 e. The third-order valence-electron chi connectivity index (χ3n) is 2.99. The summed E-state index contributed by atoms with van der Waals surface area (Å²) in [6.45, 7) is 0.690. The van der Waals surface area contributed by atoms with E-state index in [1.54, 1.807) is 0 Å². The first-order valence-corrected chi connectivity index (χ1v) is 7.10. The molecule has 1 aromatic heterocycles. The molecule has 0 aliphatic heterocycles. The Morgan fingerprint density at radius 3 is 2.54 bits per heavy atom. The summed E-state index contributed by atoms with van der Waals surface area (Å²) in [5.41, 5.74) is 5.68. The first kappa shape index (κ1) is 19.1. The zero-order valence-electron chi connectivity index (χ0n) is 13.0. The van der Waals surface area contributed by atoms with E-state index in [-0.39, 0.29) is 19.5 Å². The molecule has 0 spiro atoms. The van der Waals surface area contributed by atoms with Gasteiger partial charge in [-0.1, -0.05) is 0 Å². The first-order valence-electron chi connectivity index (χ1n) is 7.10. The van der Waals surface area contributed by atoms with Gasteiger partial charge in [0.2, 0.25) is 17.7 Å². The molecule has 1 rings (SSSR count). The number of nitrogens with zero attached hydrogens (tertiary/aromatic N) is 1. The fraction of sp³-hybridized carbons (Fsp3) is 0.462. The number of carboxylic acid groups (broad SMARTS) is 1. The molecule has 1 aromatic rings. The summed E-state index contributed by atoms with van der Waals surface area (Å²) in [6, 6.07) is -2.15. The molecule has 1 heterocycles. The van der Waals surface area contributed by atoms with Crippen LogP contribution in [-0.2, 0) is 25.6 Å². The fourth-order valence-corrected chi connectivity index (χ4v) is 1.70. The Morgan fingerprint density at radius 2 is 2.00 bits per heavy atom. The van der Waals surface area contributed by atoms with E-state index < -0.39 is 35.8 Å². The van der Waals surface area contributed by atoms with Crippen molar-refractivity contribution in [3.05, 3.63) is 18.2 Å². The number of aromatic nitrogens is 2. The molecule has 2 unspecified atom stereocenters. The Bertz CT molecular complexity index is 588. The number of imidazole rings is 1. The van der Waals surface area contributed by atoms with E-state index in [1.807, 2.05) is 0 Å². The third-order valence-corrected chi connectivity index (χ3v) is 2.99. The number of rotatable bonds is 9. The summed E-state index contributed by atoms with van der Waals surface area (Å²) in [6.07, 6.45) is 2.96. The molecule has 3 amide bonds. The number of amides is 3. The van der Waals surface area contributed by atoms with Gasteiger partial charge in [-0.2, -0.15) is 0 Å². The van der Waals surface area contributed by atoms with E-state index in [1.165, 1.54) is 19.4 Å². The van der Waals surface area contributed by atoms with E-state index in [9.17, 15) is 19.2 Å². The molecular weight excluding hydrogens is 320 g/mol. The molecule has 0 saturated heterocycles. The lowest BCUT2D eigenvalue weighted by atomic mass is 10.1. The van der Waals surface area contributed by atoms with Crippen LogP contribution in [-0.4, -0.2) is 63.9 Å². The van der Waals surface area contributed by atoms with Crippen molar-refractivity contribution in [2.24, 2.45) is 5.73 Å². The Hall–Kier alpha value is -2.95. The lowest BCUT2D eigenvalue weighted by Crippen LogP contribution is -2.53. The molecule has 0 saturated carbocycles. The van der Waals surface area contributed by atoms with E-state index in [4.69, 9.17) is 10.8 Å². The number of nitrogens with two attached hydrogens (primary N) is 1. The van der Waals surface area contributed by atoms with Crippen LogP contribution in [0.3, 0.4) is 0 Å². The summed E-state index contributed by atoms with van der Waals surface area (Å²) >= 11 is 0. The van der Waals surface area contributed by atoms with E-state index in [2.05, 4.69) is 25.9 Å². The average Bonchev–Trinajstić information content (AvgIpc) is 3.04. The van der Waals surface area contributed by atoms with Crippen molar-refractivity contribution in [1.29, 1.82) is 0 Å². The van der Waals surface area contributed by atoms with Crippen molar-refractivity contribution in [2.45, 2.75) is 25.4 Å². The second kappa shape index (κ2) is 9.25. The average molecular weight is 340 g/mol. The van der Waals surface area contributed by atoms with E-state index in [0.717, 1.165) is 0 Å². The Labute approximate surface area is 137 Å². The molecule has 11 nitrogen and oxygen atoms in total. The zero-order valence-corrected chi connectivity index (χ0v) is 13.0. The minimum Gasteiger partial charge on any atom is -0.480 e. The predicted molar refractivity (Wildman–Crippen MR) is 81.5 cm³/mol. The number of carboxylic acids is 1. The molecule has 0 aromatic carbocycles. The van der Waals surface area contributed by atoms with Crippen LogP contribution < -0.4 is 21.7 Å². The van der Waals surface area contributed by atoms with Crippen molar-refractivity contribution in [3.63, 3.8) is 0 Å². The second-order valence-electron chi connectivity index (χ2n) is 4.95. The summed E-state index contributed by atoms with van der Waals surface area (Å²) < 4.78 is 0. The second-order valence-corrected chi connectivity index (χ2v) is 4.95. The smallest absolute Gasteiger partial charge is 0.325 e. The topological polar surface area (TPSA) is 179 Å². The molecule has 11 heteroatoms. The molecule has 0 radical (unpaired) electrons. The summed E-state index contributed by atoms with van der Waals surface area (Å²) in [5, 5.41) is 15.8. The number of aromatic amines is 1. The van der Waals surface area contributed by atoms with Crippen LogP contribution in [0.5, 0.6) is 0 Å². The minimum absolute atomic E-state index is 0.0781. The molecule has 0 bridgehead atoms.